The molecule has 0 saturated carbocycles. The molecule has 182 valence electrons. The Bertz CT molecular complexity index is 763. The van der Waals surface area contributed by atoms with Crippen molar-refractivity contribution in [1.29, 1.82) is 0 Å². The first-order valence-electron chi connectivity index (χ1n) is 11.1. The van der Waals surface area contributed by atoms with Gasteiger partial charge in [0.05, 0.1) is 6.61 Å². The highest BCUT2D eigenvalue weighted by atomic mass is 31.2. The molecule has 1 aromatic carbocycles. The number of nitrogens with one attached hydrogen (secondary N) is 1. The first kappa shape index (κ1) is 28.1. The first-order valence-corrected chi connectivity index (χ1v) is 13.1. The molecule has 0 aliphatic heterocycles. The van der Waals surface area contributed by atoms with Gasteiger partial charge in [-0.15, -0.1) is 0 Å². The van der Waals surface area contributed by atoms with Gasteiger partial charge >= 0.3 is 13.7 Å². The number of ketones is 1. The Morgan fingerprint density at radius 3 is 2.25 bits per heavy atom. The number of alkyl halides is 1. The number of carbonyl (C=O) groups excluding carboxylic acids is 2. The summed E-state index contributed by atoms with van der Waals surface area (Å²) in [5.41, 5.74) is -0.262. The largest absolute Gasteiger partial charge is 0.444 e. The van der Waals surface area contributed by atoms with Crippen LogP contribution in [0.15, 0.2) is 24.3 Å². The predicted octanol–water partition coefficient (Wildman–Crippen LogP) is 6.37. The second-order valence-electron chi connectivity index (χ2n) is 8.62. The van der Waals surface area contributed by atoms with E-state index in [1.54, 1.807) is 6.92 Å². The Balaban J connectivity index is 2.24. The van der Waals surface area contributed by atoms with E-state index in [9.17, 15) is 18.5 Å². The van der Waals surface area contributed by atoms with Gasteiger partial charge in [-0.1, -0.05) is 31.4 Å². The summed E-state index contributed by atoms with van der Waals surface area (Å²) >= 11 is 0. The third-order valence-electron chi connectivity index (χ3n) is 4.36. The summed E-state index contributed by atoms with van der Waals surface area (Å²) in [6, 6.07) is 5.88. The number of alkyl carbamates (subject to hydrolysis) is 1. The van der Waals surface area contributed by atoms with Crippen LogP contribution < -0.4 is 9.84 Å². The first-order chi connectivity index (χ1) is 14.9. The summed E-state index contributed by atoms with van der Waals surface area (Å²) in [5, 5.41) is 2.71. The van der Waals surface area contributed by atoms with Crippen LogP contribution in [0.1, 0.15) is 78.0 Å². The molecule has 1 aromatic rings. The van der Waals surface area contributed by atoms with Gasteiger partial charge in [-0.05, 0) is 58.2 Å². The number of amides is 1. The van der Waals surface area contributed by atoms with Crippen LogP contribution in [0.3, 0.4) is 0 Å². The summed E-state index contributed by atoms with van der Waals surface area (Å²) in [6.07, 6.45) is 2.13. The van der Waals surface area contributed by atoms with Crippen molar-refractivity contribution in [1.82, 2.24) is 5.32 Å². The van der Waals surface area contributed by atoms with Gasteiger partial charge in [-0.25, -0.2) is 13.8 Å². The summed E-state index contributed by atoms with van der Waals surface area (Å²) in [5.74, 6) is -0.158. The maximum Gasteiger partial charge on any atom is 0.407 e. The number of unbranched alkanes of at least 4 members (excludes halogenated alkanes) is 4. The van der Waals surface area contributed by atoms with Crippen LogP contribution in [0, 0.1) is 0 Å². The molecule has 9 heteroatoms. The third kappa shape index (κ3) is 12.2. The zero-order valence-corrected chi connectivity index (χ0v) is 20.7. The van der Waals surface area contributed by atoms with Crippen molar-refractivity contribution in [3.63, 3.8) is 0 Å². The van der Waals surface area contributed by atoms with E-state index in [-0.39, 0.29) is 18.6 Å². The number of rotatable bonds is 14. The van der Waals surface area contributed by atoms with Crippen LogP contribution in [-0.2, 0) is 18.6 Å². The molecule has 0 aromatic heterocycles. The Labute approximate surface area is 190 Å². The quantitative estimate of drug-likeness (QED) is 0.249. The number of ether oxygens (including phenoxy) is 1. The lowest BCUT2D eigenvalue weighted by Gasteiger charge is -2.19. The van der Waals surface area contributed by atoms with Crippen molar-refractivity contribution in [2.45, 2.75) is 78.0 Å². The molecule has 0 fully saturated rings. The van der Waals surface area contributed by atoms with Gasteiger partial charge in [0.25, 0.3) is 0 Å². The monoisotopic (exact) mass is 473 g/mol. The fourth-order valence-corrected chi connectivity index (χ4v) is 3.95. The van der Waals surface area contributed by atoms with E-state index in [2.05, 4.69) is 5.32 Å². The standard InChI is InChI=1S/C23H37FNO6P/c1-6-29-32(5,28)31-19-15-13-18(14-16-19)21(24)20(26)12-10-8-7-9-11-17-25-22(27)30-23(2,3)4/h13-16,21H,6-12,17H2,1-5H3,(H,25,27). The molecule has 0 bridgehead atoms. The number of Topliss-reactive ketones (excluding diaryl/α,β-unsaturated/α-hetero) is 1. The fraction of sp³-hybridized carbons (Fsp3) is 0.652. The highest BCUT2D eigenvalue weighted by Crippen LogP contribution is 2.44. The Hall–Kier alpha value is -1.92. The normalized spacial score (nSPS) is 14.3. The molecule has 1 N–H and O–H groups in total. The predicted molar refractivity (Wildman–Crippen MR) is 123 cm³/mol. The van der Waals surface area contributed by atoms with Gasteiger partial charge in [-0.2, -0.15) is 0 Å². The maximum atomic E-state index is 14.5. The zero-order valence-electron chi connectivity index (χ0n) is 19.8. The molecule has 0 spiro atoms. The summed E-state index contributed by atoms with van der Waals surface area (Å²) in [6.45, 7) is 9.32. The molecule has 2 atom stereocenters. The van der Waals surface area contributed by atoms with E-state index >= 15 is 0 Å². The van der Waals surface area contributed by atoms with E-state index in [4.69, 9.17) is 13.8 Å². The molecule has 1 amide bonds. The number of benzene rings is 1. The number of hydrogen-bond donors (Lipinski definition) is 1. The number of hydrogen-bond acceptors (Lipinski definition) is 6. The molecule has 0 radical (unpaired) electrons. The lowest BCUT2D eigenvalue weighted by atomic mass is 10.0. The van der Waals surface area contributed by atoms with Crippen molar-refractivity contribution in [3.05, 3.63) is 29.8 Å². The van der Waals surface area contributed by atoms with Crippen LogP contribution in [0.25, 0.3) is 0 Å². The number of halogens is 1. The molecular weight excluding hydrogens is 436 g/mol. The second-order valence-corrected chi connectivity index (χ2v) is 10.6. The van der Waals surface area contributed by atoms with Crippen molar-refractivity contribution in [2.24, 2.45) is 0 Å². The zero-order chi connectivity index (χ0) is 24.2. The lowest BCUT2D eigenvalue weighted by molar-refractivity contribution is -0.124. The van der Waals surface area contributed by atoms with Gasteiger partial charge in [0.1, 0.15) is 11.4 Å². The highest BCUT2D eigenvalue weighted by Gasteiger charge is 2.21. The van der Waals surface area contributed by atoms with Gasteiger partial charge in [0, 0.05) is 19.6 Å². The van der Waals surface area contributed by atoms with Crippen LogP contribution in [0.4, 0.5) is 9.18 Å². The van der Waals surface area contributed by atoms with Crippen LogP contribution in [-0.4, -0.2) is 37.3 Å². The van der Waals surface area contributed by atoms with Crippen molar-refractivity contribution < 1.29 is 32.3 Å². The molecule has 2 unspecified atom stereocenters. The van der Waals surface area contributed by atoms with E-state index in [1.165, 1.54) is 30.9 Å². The third-order valence-corrected chi connectivity index (χ3v) is 5.63. The molecule has 32 heavy (non-hydrogen) atoms. The molecule has 7 nitrogen and oxygen atoms in total. The molecule has 0 aliphatic rings. The van der Waals surface area contributed by atoms with E-state index in [1.807, 2.05) is 20.8 Å². The fourth-order valence-electron chi connectivity index (χ4n) is 2.92. The number of carbonyl (C=O) groups is 2. The Morgan fingerprint density at radius 2 is 1.66 bits per heavy atom. The van der Waals surface area contributed by atoms with Gasteiger partial charge in [0.2, 0.25) is 0 Å². The Kier molecular flexibility index (Phi) is 11.9. The van der Waals surface area contributed by atoms with E-state index < -0.39 is 31.2 Å². The summed E-state index contributed by atoms with van der Waals surface area (Å²) in [7, 11) is -3.20. The topological polar surface area (TPSA) is 90.9 Å². The average molecular weight is 474 g/mol. The summed E-state index contributed by atoms with van der Waals surface area (Å²) in [4.78, 5) is 23.7. The van der Waals surface area contributed by atoms with E-state index in [0.29, 0.717) is 18.7 Å². The molecule has 0 aliphatic carbocycles. The molecule has 1 rings (SSSR count). The molecular formula is C23H37FNO6P. The summed E-state index contributed by atoms with van der Waals surface area (Å²) < 4.78 is 42.0. The minimum Gasteiger partial charge on any atom is -0.444 e. The van der Waals surface area contributed by atoms with E-state index in [0.717, 1.165) is 25.7 Å². The van der Waals surface area contributed by atoms with Gasteiger partial charge in [-0.3, -0.25) is 4.79 Å². The van der Waals surface area contributed by atoms with Crippen molar-refractivity contribution >= 4 is 19.5 Å². The van der Waals surface area contributed by atoms with Crippen LogP contribution in [0.2, 0.25) is 0 Å². The van der Waals surface area contributed by atoms with Crippen molar-refractivity contribution in [3.8, 4) is 5.75 Å². The highest BCUT2D eigenvalue weighted by molar-refractivity contribution is 7.53. The smallest absolute Gasteiger partial charge is 0.407 e. The van der Waals surface area contributed by atoms with Crippen molar-refractivity contribution in [2.75, 3.05) is 19.8 Å². The molecule has 0 heterocycles. The minimum absolute atomic E-state index is 0.171. The van der Waals surface area contributed by atoms with Gasteiger partial charge in [0.15, 0.2) is 12.0 Å². The Morgan fingerprint density at radius 1 is 1.06 bits per heavy atom. The van der Waals surface area contributed by atoms with Gasteiger partial charge < -0.3 is 19.1 Å². The maximum absolute atomic E-state index is 14.5. The molecule has 0 saturated heterocycles. The minimum atomic E-state index is -3.20. The van der Waals surface area contributed by atoms with Crippen LogP contribution in [0.5, 0.6) is 5.75 Å². The SMILES string of the molecule is CCOP(C)(=O)Oc1ccc(C(F)C(=O)CCCCCCCNC(=O)OC(C)(C)C)cc1. The lowest BCUT2D eigenvalue weighted by Crippen LogP contribution is -2.32. The second kappa shape index (κ2) is 13.6. The average Bonchev–Trinajstić information content (AvgIpc) is 2.68. The van der Waals surface area contributed by atoms with Crippen LogP contribution >= 0.6 is 7.60 Å².